The van der Waals surface area contributed by atoms with Gasteiger partial charge in [0.2, 0.25) is 0 Å². The molecule has 1 N–H and O–H groups in total. The first-order valence-corrected chi connectivity index (χ1v) is 11.7. The first-order chi connectivity index (χ1) is 15.5. The number of nitrogens with zero attached hydrogens (tertiary/aromatic N) is 2. The maximum absolute atomic E-state index is 12.9. The second-order valence-corrected chi connectivity index (χ2v) is 9.16. The van der Waals surface area contributed by atoms with Crippen LogP contribution in [0.1, 0.15) is 32.9 Å². The average molecular weight is 470 g/mol. The molecule has 0 bridgehead atoms. The van der Waals surface area contributed by atoms with E-state index in [-0.39, 0.29) is 11.8 Å². The normalized spacial score (nSPS) is 14.2. The molecule has 32 heavy (non-hydrogen) atoms. The van der Waals surface area contributed by atoms with Crippen molar-refractivity contribution in [3.05, 3.63) is 70.2 Å². The Morgan fingerprint density at radius 3 is 2.72 bits per heavy atom. The SMILES string of the molecule is COc1cc(C(=O)NCC2CCN(C(=O)c3ccc(-c4ccccn4)s3)CC2)ccc1Cl. The van der Waals surface area contributed by atoms with Crippen LogP contribution in [0.4, 0.5) is 0 Å². The highest BCUT2D eigenvalue weighted by molar-refractivity contribution is 7.17. The number of rotatable bonds is 6. The lowest BCUT2D eigenvalue weighted by Gasteiger charge is -2.31. The van der Waals surface area contributed by atoms with E-state index in [1.54, 1.807) is 24.4 Å². The third kappa shape index (κ3) is 5.11. The third-order valence-corrected chi connectivity index (χ3v) is 7.01. The number of thiophene rings is 1. The van der Waals surface area contributed by atoms with Gasteiger partial charge >= 0.3 is 0 Å². The van der Waals surface area contributed by atoms with Gasteiger partial charge in [-0.25, -0.2) is 0 Å². The molecule has 1 aliphatic rings. The van der Waals surface area contributed by atoms with Crippen LogP contribution in [0, 0.1) is 5.92 Å². The number of halogens is 1. The van der Waals surface area contributed by atoms with Gasteiger partial charge in [0.25, 0.3) is 11.8 Å². The zero-order valence-corrected chi connectivity index (χ0v) is 19.3. The number of nitrogens with one attached hydrogen (secondary N) is 1. The monoisotopic (exact) mass is 469 g/mol. The standard InChI is InChI=1S/C24H24ClN3O3S/c1-31-20-14-17(5-6-18(20)25)23(29)27-15-16-9-12-28(13-10-16)24(30)22-8-7-21(32-22)19-4-2-3-11-26-19/h2-8,11,14,16H,9-10,12-13,15H2,1H3,(H,27,29). The maximum atomic E-state index is 12.9. The highest BCUT2D eigenvalue weighted by Crippen LogP contribution is 2.29. The molecule has 0 radical (unpaired) electrons. The molecule has 2 aromatic heterocycles. The molecule has 166 valence electrons. The minimum atomic E-state index is -0.154. The Labute approximate surface area is 196 Å². The van der Waals surface area contributed by atoms with Crippen LogP contribution in [0.2, 0.25) is 5.02 Å². The van der Waals surface area contributed by atoms with Crippen LogP contribution in [0.25, 0.3) is 10.6 Å². The van der Waals surface area contributed by atoms with Gasteiger partial charge in [0.05, 0.1) is 27.6 Å². The van der Waals surface area contributed by atoms with E-state index in [0.717, 1.165) is 28.3 Å². The summed E-state index contributed by atoms with van der Waals surface area (Å²) < 4.78 is 5.18. The van der Waals surface area contributed by atoms with Gasteiger partial charge < -0.3 is 15.0 Å². The van der Waals surface area contributed by atoms with E-state index in [2.05, 4.69) is 10.3 Å². The largest absolute Gasteiger partial charge is 0.495 e. The van der Waals surface area contributed by atoms with Crippen LogP contribution >= 0.6 is 22.9 Å². The summed E-state index contributed by atoms with van der Waals surface area (Å²) in [5.41, 5.74) is 1.39. The van der Waals surface area contributed by atoms with E-state index < -0.39 is 0 Å². The molecule has 0 atom stereocenters. The summed E-state index contributed by atoms with van der Waals surface area (Å²) in [5.74, 6) is 0.725. The van der Waals surface area contributed by atoms with Crippen LogP contribution < -0.4 is 10.1 Å². The summed E-state index contributed by atoms with van der Waals surface area (Å²) >= 11 is 7.50. The molecule has 3 aromatic rings. The topological polar surface area (TPSA) is 71.5 Å². The van der Waals surface area contributed by atoms with Crippen molar-refractivity contribution >= 4 is 34.8 Å². The number of hydrogen-bond acceptors (Lipinski definition) is 5. The van der Waals surface area contributed by atoms with Crippen LogP contribution in [0.3, 0.4) is 0 Å². The van der Waals surface area contributed by atoms with E-state index in [4.69, 9.17) is 16.3 Å². The molecule has 1 aromatic carbocycles. The van der Waals surface area contributed by atoms with E-state index >= 15 is 0 Å². The molecule has 1 saturated heterocycles. The molecular weight excluding hydrogens is 446 g/mol. The fourth-order valence-electron chi connectivity index (χ4n) is 3.74. The van der Waals surface area contributed by atoms with Crippen LogP contribution in [-0.2, 0) is 0 Å². The number of carbonyl (C=O) groups excluding carboxylic acids is 2. The Bertz CT molecular complexity index is 1090. The number of carbonyl (C=O) groups is 2. The highest BCUT2D eigenvalue weighted by atomic mass is 35.5. The van der Waals surface area contributed by atoms with E-state index in [1.807, 2.05) is 35.2 Å². The van der Waals surface area contributed by atoms with Gasteiger partial charge in [0.15, 0.2) is 0 Å². The van der Waals surface area contributed by atoms with Crippen molar-refractivity contribution in [3.8, 4) is 16.3 Å². The molecule has 4 rings (SSSR count). The van der Waals surface area contributed by atoms with Crippen molar-refractivity contribution in [3.63, 3.8) is 0 Å². The molecule has 6 nitrogen and oxygen atoms in total. The number of pyridine rings is 1. The van der Waals surface area contributed by atoms with Crippen molar-refractivity contribution < 1.29 is 14.3 Å². The lowest BCUT2D eigenvalue weighted by Crippen LogP contribution is -2.41. The number of benzene rings is 1. The van der Waals surface area contributed by atoms with E-state index in [1.165, 1.54) is 18.4 Å². The molecule has 8 heteroatoms. The number of amides is 2. The predicted molar refractivity (Wildman–Crippen MR) is 127 cm³/mol. The first-order valence-electron chi connectivity index (χ1n) is 10.5. The molecule has 0 spiro atoms. The maximum Gasteiger partial charge on any atom is 0.263 e. The van der Waals surface area contributed by atoms with Gasteiger partial charge in [-0.1, -0.05) is 17.7 Å². The second-order valence-electron chi connectivity index (χ2n) is 7.67. The van der Waals surface area contributed by atoms with Gasteiger partial charge in [-0.3, -0.25) is 14.6 Å². The van der Waals surface area contributed by atoms with Crippen LogP contribution in [0.15, 0.2) is 54.7 Å². The van der Waals surface area contributed by atoms with Gasteiger partial charge in [0.1, 0.15) is 5.75 Å². The summed E-state index contributed by atoms with van der Waals surface area (Å²) in [6, 6.07) is 14.6. The van der Waals surface area contributed by atoms with Crippen molar-refractivity contribution in [2.75, 3.05) is 26.7 Å². The Kier molecular flexibility index (Phi) is 7.07. The Morgan fingerprint density at radius 1 is 1.19 bits per heavy atom. The summed E-state index contributed by atoms with van der Waals surface area (Å²) in [6.45, 7) is 1.95. The highest BCUT2D eigenvalue weighted by Gasteiger charge is 2.25. The Morgan fingerprint density at radius 2 is 2.00 bits per heavy atom. The van der Waals surface area contributed by atoms with E-state index in [0.29, 0.717) is 41.9 Å². The van der Waals surface area contributed by atoms with Crippen LogP contribution in [0.5, 0.6) is 5.75 Å². The Balaban J connectivity index is 1.27. The minimum Gasteiger partial charge on any atom is -0.495 e. The summed E-state index contributed by atoms with van der Waals surface area (Å²) in [6.07, 6.45) is 3.46. The van der Waals surface area contributed by atoms with Gasteiger partial charge in [-0.05, 0) is 61.2 Å². The first kappa shape index (κ1) is 22.3. The zero-order chi connectivity index (χ0) is 22.5. The fourth-order valence-corrected chi connectivity index (χ4v) is 4.88. The number of ether oxygens (including phenoxy) is 1. The number of hydrogen-bond donors (Lipinski definition) is 1. The minimum absolute atomic E-state index is 0.0629. The molecule has 1 aliphatic heterocycles. The fraction of sp³-hybridized carbons (Fsp3) is 0.292. The predicted octanol–water partition coefficient (Wildman–Crippen LogP) is 4.75. The van der Waals surface area contributed by atoms with Crippen molar-refractivity contribution in [2.45, 2.75) is 12.8 Å². The third-order valence-electron chi connectivity index (χ3n) is 5.60. The smallest absolute Gasteiger partial charge is 0.263 e. The van der Waals surface area contributed by atoms with Crippen molar-refractivity contribution in [1.82, 2.24) is 15.2 Å². The molecule has 0 aliphatic carbocycles. The summed E-state index contributed by atoms with van der Waals surface area (Å²) in [5, 5.41) is 3.46. The quantitative estimate of drug-likeness (QED) is 0.565. The molecule has 2 amide bonds. The second kappa shape index (κ2) is 10.1. The molecule has 0 saturated carbocycles. The summed E-state index contributed by atoms with van der Waals surface area (Å²) in [7, 11) is 1.52. The van der Waals surface area contributed by atoms with Crippen molar-refractivity contribution in [1.29, 1.82) is 0 Å². The van der Waals surface area contributed by atoms with Crippen LogP contribution in [-0.4, -0.2) is 48.4 Å². The lowest BCUT2D eigenvalue weighted by atomic mass is 9.96. The number of aromatic nitrogens is 1. The number of likely N-dealkylation sites (tertiary alicyclic amines) is 1. The Hall–Kier alpha value is -2.90. The van der Waals surface area contributed by atoms with Gasteiger partial charge in [0, 0.05) is 31.4 Å². The van der Waals surface area contributed by atoms with Gasteiger partial charge in [-0.2, -0.15) is 0 Å². The molecule has 1 fully saturated rings. The molecule has 0 unspecified atom stereocenters. The lowest BCUT2D eigenvalue weighted by molar-refractivity contribution is 0.0689. The van der Waals surface area contributed by atoms with E-state index in [9.17, 15) is 9.59 Å². The molecular formula is C24H24ClN3O3S. The number of piperidine rings is 1. The summed E-state index contributed by atoms with van der Waals surface area (Å²) in [4.78, 5) is 33.4. The molecule has 3 heterocycles. The van der Waals surface area contributed by atoms with Gasteiger partial charge in [-0.15, -0.1) is 11.3 Å². The van der Waals surface area contributed by atoms with Crippen molar-refractivity contribution in [2.24, 2.45) is 5.92 Å². The number of methoxy groups -OCH3 is 1. The zero-order valence-electron chi connectivity index (χ0n) is 17.7. The average Bonchev–Trinajstić information content (AvgIpc) is 3.34.